The number of hydrogen-bond donors (Lipinski definition) is 2. The molecule has 0 bridgehead atoms. The van der Waals surface area contributed by atoms with Gasteiger partial charge in [-0.3, -0.25) is 0 Å². The lowest BCUT2D eigenvalue weighted by Gasteiger charge is -2.31. The first kappa shape index (κ1) is 17.1. The number of aromatic nitrogens is 1. The van der Waals surface area contributed by atoms with Gasteiger partial charge in [-0.1, -0.05) is 6.42 Å². The van der Waals surface area contributed by atoms with E-state index >= 15 is 0 Å². The van der Waals surface area contributed by atoms with Gasteiger partial charge in [0.1, 0.15) is 0 Å². The predicted molar refractivity (Wildman–Crippen MR) is 78.7 cm³/mol. The van der Waals surface area contributed by atoms with Crippen molar-refractivity contribution in [1.29, 1.82) is 0 Å². The molecule has 2 rings (SSSR count). The minimum Gasteiger partial charge on any atom is -0.335 e. The van der Waals surface area contributed by atoms with Crippen LogP contribution in [0.25, 0.3) is 0 Å². The largest absolute Gasteiger partial charge is 0.391 e. The Hall–Kier alpha value is -1.31. The summed E-state index contributed by atoms with van der Waals surface area (Å²) in [6.45, 7) is 3.67. The molecule has 0 aromatic carbocycles. The number of aryl methyl sites for hydroxylation is 1. The SMILES string of the molecule is Cc1nc([C@H](C)NC(=O)N[C@H]2CCC[C@@H](C(F)(F)F)C2)cs1. The lowest BCUT2D eigenvalue weighted by molar-refractivity contribution is -0.183. The number of alkyl halides is 3. The highest BCUT2D eigenvalue weighted by atomic mass is 32.1. The van der Waals surface area contributed by atoms with E-state index in [4.69, 9.17) is 0 Å². The Morgan fingerprint density at radius 2 is 2.18 bits per heavy atom. The summed E-state index contributed by atoms with van der Waals surface area (Å²) in [5.74, 6) is -1.31. The van der Waals surface area contributed by atoms with Crippen LogP contribution >= 0.6 is 11.3 Å². The number of carbonyl (C=O) groups is 1. The average Bonchev–Trinajstić information content (AvgIpc) is 2.84. The van der Waals surface area contributed by atoms with Crippen LogP contribution in [-0.4, -0.2) is 23.2 Å². The van der Waals surface area contributed by atoms with Crippen LogP contribution in [0.4, 0.5) is 18.0 Å². The molecule has 2 amide bonds. The highest BCUT2D eigenvalue weighted by Crippen LogP contribution is 2.37. The van der Waals surface area contributed by atoms with Crippen molar-refractivity contribution in [3.8, 4) is 0 Å². The lowest BCUT2D eigenvalue weighted by Crippen LogP contribution is -2.46. The number of carbonyl (C=O) groups excluding carboxylic acids is 1. The van der Waals surface area contributed by atoms with Gasteiger partial charge in [0.25, 0.3) is 0 Å². The number of hydrogen-bond acceptors (Lipinski definition) is 3. The van der Waals surface area contributed by atoms with Crippen LogP contribution < -0.4 is 10.6 Å². The van der Waals surface area contributed by atoms with E-state index in [1.54, 1.807) is 6.92 Å². The highest BCUT2D eigenvalue weighted by Gasteiger charge is 2.42. The number of nitrogens with zero attached hydrogens (tertiary/aromatic N) is 1. The van der Waals surface area contributed by atoms with Crippen LogP contribution in [-0.2, 0) is 0 Å². The molecule has 1 aliphatic carbocycles. The second kappa shape index (κ2) is 6.85. The molecule has 1 fully saturated rings. The van der Waals surface area contributed by atoms with E-state index < -0.39 is 24.2 Å². The van der Waals surface area contributed by atoms with Crippen LogP contribution in [0, 0.1) is 12.8 Å². The topological polar surface area (TPSA) is 54.0 Å². The zero-order valence-electron chi connectivity index (χ0n) is 12.5. The molecular weight excluding hydrogens is 315 g/mol. The molecule has 3 atom stereocenters. The number of amides is 2. The van der Waals surface area contributed by atoms with Crippen molar-refractivity contribution >= 4 is 17.4 Å². The average molecular weight is 335 g/mol. The van der Waals surface area contributed by atoms with Gasteiger partial charge in [0.05, 0.1) is 22.7 Å². The fourth-order valence-electron chi connectivity index (χ4n) is 2.69. The second-order valence-corrected chi connectivity index (χ2v) is 6.80. The van der Waals surface area contributed by atoms with Crippen molar-refractivity contribution in [3.05, 3.63) is 16.1 Å². The number of thiazole rings is 1. The fourth-order valence-corrected chi connectivity index (χ4v) is 3.40. The van der Waals surface area contributed by atoms with E-state index in [9.17, 15) is 18.0 Å². The maximum absolute atomic E-state index is 12.8. The third kappa shape index (κ3) is 4.59. The van der Waals surface area contributed by atoms with Crippen molar-refractivity contribution in [3.63, 3.8) is 0 Å². The first-order chi connectivity index (χ1) is 10.3. The number of halogens is 3. The quantitative estimate of drug-likeness (QED) is 0.879. The molecule has 8 heteroatoms. The minimum absolute atomic E-state index is 0.0406. The zero-order valence-corrected chi connectivity index (χ0v) is 13.4. The highest BCUT2D eigenvalue weighted by molar-refractivity contribution is 7.09. The molecule has 22 heavy (non-hydrogen) atoms. The van der Waals surface area contributed by atoms with E-state index in [0.717, 1.165) is 10.7 Å². The number of nitrogens with one attached hydrogen (secondary N) is 2. The van der Waals surface area contributed by atoms with Crippen LogP contribution in [0.15, 0.2) is 5.38 Å². The first-order valence-electron chi connectivity index (χ1n) is 7.31. The molecule has 0 saturated heterocycles. The summed E-state index contributed by atoms with van der Waals surface area (Å²) in [7, 11) is 0. The Balaban J connectivity index is 1.84. The molecule has 0 radical (unpaired) electrons. The molecule has 124 valence electrons. The van der Waals surface area contributed by atoms with Gasteiger partial charge in [-0.25, -0.2) is 9.78 Å². The van der Waals surface area contributed by atoms with E-state index in [0.29, 0.717) is 12.8 Å². The Morgan fingerprint density at radius 1 is 1.45 bits per heavy atom. The molecule has 1 aliphatic rings. The minimum atomic E-state index is -4.18. The summed E-state index contributed by atoms with van der Waals surface area (Å²) in [5.41, 5.74) is 0.759. The van der Waals surface area contributed by atoms with Crippen molar-refractivity contribution in [2.24, 2.45) is 5.92 Å². The zero-order chi connectivity index (χ0) is 16.3. The lowest BCUT2D eigenvalue weighted by atomic mass is 9.85. The van der Waals surface area contributed by atoms with Gasteiger partial charge in [-0.05, 0) is 33.1 Å². The van der Waals surface area contributed by atoms with Gasteiger partial charge in [-0.2, -0.15) is 13.2 Å². The van der Waals surface area contributed by atoms with Crippen LogP contribution in [0.1, 0.15) is 49.4 Å². The maximum Gasteiger partial charge on any atom is 0.391 e. The molecule has 1 aromatic rings. The van der Waals surface area contributed by atoms with Gasteiger partial charge < -0.3 is 10.6 Å². The Labute approximate surface area is 131 Å². The van der Waals surface area contributed by atoms with E-state index in [-0.39, 0.29) is 18.9 Å². The van der Waals surface area contributed by atoms with E-state index in [1.165, 1.54) is 11.3 Å². The summed E-state index contributed by atoms with van der Waals surface area (Å²) < 4.78 is 38.3. The van der Waals surface area contributed by atoms with Crippen molar-refractivity contribution < 1.29 is 18.0 Å². The fraction of sp³-hybridized carbons (Fsp3) is 0.714. The van der Waals surface area contributed by atoms with Crippen LogP contribution in [0.2, 0.25) is 0 Å². The monoisotopic (exact) mass is 335 g/mol. The smallest absolute Gasteiger partial charge is 0.335 e. The first-order valence-corrected chi connectivity index (χ1v) is 8.19. The molecule has 0 unspecified atom stereocenters. The summed E-state index contributed by atoms with van der Waals surface area (Å²) >= 11 is 1.49. The van der Waals surface area contributed by atoms with Gasteiger partial charge in [0.2, 0.25) is 0 Å². The summed E-state index contributed by atoms with van der Waals surface area (Å²) in [5, 5.41) is 8.15. The molecular formula is C14H20F3N3OS. The van der Waals surface area contributed by atoms with Crippen LogP contribution in [0.5, 0.6) is 0 Å². The molecule has 2 N–H and O–H groups in total. The van der Waals surface area contributed by atoms with Crippen molar-refractivity contribution in [2.75, 3.05) is 0 Å². The predicted octanol–water partition coefficient (Wildman–Crippen LogP) is 3.93. The maximum atomic E-state index is 12.8. The molecule has 1 heterocycles. The van der Waals surface area contributed by atoms with E-state index in [2.05, 4.69) is 15.6 Å². The van der Waals surface area contributed by atoms with Gasteiger partial charge >= 0.3 is 12.2 Å². The van der Waals surface area contributed by atoms with Crippen molar-refractivity contribution in [2.45, 2.75) is 57.8 Å². The Bertz CT molecular complexity index is 518. The van der Waals surface area contributed by atoms with Crippen LogP contribution in [0.3, 0.4) is 0 Å². The third-order valence-electron chi connectivity index (χ3n) is 3.90. The standard InChI is InChI=1S/C14H20F3N3OS/c1-8(12-7-22-9(2)19-12)18-13(21)20-11-5-3-4-10(6-11)14(15,16)17/h7-8,10-11H,3-6H2,1-2H3,(H2,18,20,21)/t8-,10+,11-/m0/s1. The third-order valence-corrected chi connectivity index (χ3v) is 4.69. The normalized spacial score (nSPS) is 23.9. The molecule has 0 spiro atoms. The van der Waals surface area contributed by atoms with E-state index in [1.807, 2.05) is 12.3 Å². The molecule has 1 aromatic heterocycles. The number of rotatable bonds is 3. The van der Waals surface area contributed by atoms with Gasteiger partial charge in [0.15, 0.2) is 0 Å². The Kier molecular flexibility index (Phi) is 5.31. The number of urea groups is 1. The van der Waals surface area contributed by atoms with Gasteiger partial charge in [0, 0.05) is 11.4 Å². The molecule has 1 saturated carbocycles. The Morgan fingerprint density at radius 3 is 2.77 bits per heavy atom. The summed E-state index contributed by atoms with van der Waals surface area (Å²) in [4.78, 5) is 16.2. The summed E-state index contributed by atoms with van der Waals surface area (Å²) in [6.07, 6.45) is -3.00. The molecule has 4 nitrogen and oxygen atoms in total. The second-order valence-electron chi connectivity index (χ2n) is 5.73. The summed E-state index contributed by atoms with van der Waals surface area (Å²) in [6, 6.07) is -1.14. The van der Waals surface area contributed by atoms with Crippen molar-refractivity contribution in [1.82, 2.24) is 15.6 Å². The van der Waals surface area contributed by atoms with Gasteiger partial charge in [-0.15, -0.1) is 11.3 Å². The molecule has 0 aliphatic heterocycles.